The second-order valence-electron chi connectivity index (χ2n) is 7.02. The summed E-state index contributed by atoms with van der Waals surface area (Å²) >= 11 is 6.24. The first-order valence-electron chi connectivity index (χ1n) is 8.51. The number of carbonyl (C=O) groups is 2. The van der Waals surface area contributed by atoms with Gasteiger partial charge in [-0.1, -0.05) is 17.7 Å². The van der Waals surface area contributed by atoms with Gasteiger partial charge in [-0.3, -0.25) is 9.59 Å². The van der Waals surface area contributed by atoms with Gasteiger partial charge in [0.25, 0.3) is 0 Å². The summed E-state index contributed by atoms with van der Waals surface area (Å²) in [6.45, 7) is 4.12. The van der Waals surface area contributed by atoms with Gasteiger partial charge in [-0.15, -0.1) is 0 Å². The van der Waals surface area contributed by atoms with Crippen LogP contribution in [0.4, 0.5) is 5.69 Å². The van der Waals surface area contributed by atoms with Crippen LogP contribution in [0.5, 0.6) is 0 Å². The van der Waals surface area contributed by atoms with Crippen LogP contribution in [0, 0.1) is 13.8 Å². The molecule has 0 bridgehead atoms. The van der Waals surface area contributed by atoms with Crippen LogP contribution < -0.4 is 16.0 Å². The molecule has 1 aliphatic carbocycles. The van der Waals surface area contributed by atoms with Gasteiger partial charge in [-0.25, -0.2) is 0 Å². The molecule has 130 valence electrons. The third-order valence-corrected chi connectivity index (χ3v) is 5.46. The third-order valence-electron chi connectivity index (χ3n) is 5.17. The lowest BCUT2D eigenvalue weighted by Gasteiger charge is -2.51. The van der Waals surface area contributed by atoms with E-state index in [1.807, 2.05) is 26.0 Å². The Hall–Kier alpha value is -1.59. The Bertz CT molecular complexity index is 647. The molecular formula is C18H24ClN3O2. The number of benzene rings is 1. The number of anilines is 1. The standard InChI is InChI=1S/C18H24ClN3O2/c1-11-8-12(2)17(13(19)9-11)21-16(24)10-20-14-4-5-15(23)22-18(14)6-3-7-18/h8-9,14,20H,3-7,10H2,1-2H3,(H,21,24)(H,22,23). The molecule has 1 aromatic rings. The van der Waals surface area contributed by atoms with Crippen LogP contribution in [-0.2, 0) is 9.59 Å². The van der Waals surface area contributed by atoms with Crippen LogP contribution in [0.3, 0.4) is 0 Å². The average Bonchev–Trinajstić information content (AvgIpc) is 2.47. The van der Waals surface area contributed by atoms with Gasteiger partial charge in [-0.05, 0) is 56.7 Å². The molecular weight excluding hydrogens is 326 g/mol. The zero-order valence-electron chi connectivity index (χ0n) is 14.2. The van der Waals surface area contributed by atoms with E-state index in [0.29, 0.717) is 17.1 Å². The summed E-state index contributed by atoms with van der Waals surface area (Å²) < 4.78 is 0. The maximum absolute atomic E-state index is 12.3. The van der Waals surface area contributed by atoms with E-state index in [1.165, 1.54) is 0 Å². The van der Waals surface area contributed by atoms with E-state index in [2.05, 4.69) is 16.0 Å². The lowest BCUT2D eigenvalue weighted by atomic mass is 9.68. The number of amides is 2. The Morgan fingerprint density at radius 2 is 2.12 bits per heavy atom. The average molecular weight is 350 g/mol. The van der Waals surface area contributed by atoms with Crippen LogP contribution in [0.15, 0.2) is 12.1 Å². The predicted octanol–water partition coefficient (Wildman–Crippen LogP) is 2.69. The Balaban J connectivity index is 1.59. The third kappa shape index (κ3) is 3.42. The molecule has 1 saturated heterocycles. The quantitative estimate of drug-likeness (QED) is 0.782. The molecule has 2 aliphatic rings. The van der Waals surface area contributed by atoms with Crippen molar-refractivity contribution in [3.63, 3.8) is 0 Å². The maximum Gasteiger partial charge on any atom is 0.238 e. The van der Waals surface area contributed by atoms with Crippen molar-refractivity contribution >= 4 is 29.1 Å². The van der Waals surface area contributed by atoms with Crippen molar-refractivity contribution in [2.75, 3.05) is 11.9 Å². The molecule has 1 aliphatic heterocycles. The van der Waals surface area contributed by atoms with Crippen LogP contribution in [0.25, 0.3) is 0 Å². The molecule has 1 spiro atoms. The molecule has 0 radical (unpaired) electrons. The smallest absolute Gasteiger partial charge is 0.238 e. The van der Waals surface area contributed by atoms with Gasteiger partial charge in [0.05, 0.1) is 22.8 Å². The number of hydrogen-bond acceptors (Lipinski definition) is 3. The van der Waals surface area contributed by atoms with E-state index in [-0.39, 0.29) is 29.9 Å². The van der Waals surface area contributed by atoms with E-state index < -0.39 is 0 Å². The van der Waals surface area contributed by atoms with Crippen LogP contribution >= 0.6 is 11.6 Å². The van der Waals surface area contributed by atoms with E-state index >= 15 is 0 Å². The summed E-state index contributed by atoms with van der Waals surface area (Å²) in [6, 6.07) is 4.00. The molecule has 1 heterocycles. The summed E-state index contributed by atoms with van der Waals surface area (Å²) in [5.41, 5.74) is 2.55. The molecule has 2 fully saturated rings. The van der Waals surface area contributed by atoms with Gasteiger partial charge in [0, 0.05) is 12.5 Å². The normalized spacial score (nSPS) is 22.0. The van der Waals surface area contributed by atoms with Gasteiger partial charge in [0.15, 0.2) is 0 Å². The zero-order chi connectivity index (χ0) is 17.3. The molecule has 0 aromatic heterocycles. The second-order valence-corrected chi connectivity index (χ2v) is 7.42. The Morgan fingerprint density at radius 3 is 2.75 bits per heavy atom. The number of carbonyl (C=O) groups excluding carboxylic acids is 2. The van der Waals surface area contributed by atoms with E-state index in [1.54, 1.807) is 0 Å². The molecule has 1 atom stereocenters. The summed E-state index contributed by atoms with van der Waals surface area (Å²) in [6.07, 6.45) is 4.40. The minimum absolute atomic E-state index is 0.116. The molecule has 6 heteroatoms. The van der Waals surface area contributed by atoms with Gasteiger partial charge in [-0.2, -0.15) is 0 Å². The number of aryl methyl sites for hydroxylation is 2. The molecule has 3 rings (SSSR count). The van der Waals surface area contributed by atoms with Crippen molar-refractivity contribution in [1.82, 2.24) is 10.6 Å². The highest BCUT2D eigenvalue weighted by atomic mass is 35.5. The van der Waals surface area contributed by atoms with E-state index in [9.17, 15) is 9.59 Å². The maximum atomic E-state index is 12.3. The van der Waals surface area contributed by atoms with Crippen LogP contribution in [0.2, 0.25) is 5.02 Å². The van der Waals surface area contributed by atoms with Gasteiger partial charge in [0.2, 0.25) is 11.8 Å². The van der Waals surface area contributed by atoms with Crippen LogP contribution in [0.1, 0.15) is 43.2 Å². The molecule has 5 nitrogen and oxygen atoms in total. The minimum Gasteiger partial charge on any atom is -0.349 e. The molecule has 24 heavy (non-hydrogen) atoms. The fourth-order valence-electron chi connectivity index (χ4n) is 3.78. The molecule has 2 amide bonds. The fourth-order valence-corrected chi connectivity index (χ4v) is 4.15. The monoisotopic (exact) mass is 349 g/mol. The molecule has 3 N–H and O–H groups in total. The Kier molecular flexibility index (Phi) is 4.83. The van der Waals surface area contributed by atoms with Crippen molar-refractivity contribution in [2.45, 2.75) is 57.5 Å². The number of nitrogens with one attached hydrogen (secondary N) is 3. The Morgan fingerprint density at radius 1 is 1.38 bits per heavy atom. The largest absolute Gasteiger partial charge is 0.349 e. The predicted molar refractivity (Wildman–Crippen MR) is 95.3 cm³/mol. The molecule has 1 unspecified atom stereocenters. The first-order valence-corrected chi connectivity index (χ1v) is 8.88. The number of rotatable bonds is 4. The number of piperidine rings is 1. The SMILES string of the molecule is Cc1cc(C)c(NC(=O)CNC2CCC(=O)NC23CCC3)c(Cl)c1. The first-order chi connectivity index (χ1) is 11.4. The Labute approximate surface area is 147 Å². The van der Waals surface area contributed by atoms with Crippen LogP contribution in [-0.4, -0.2) is 29.9 Å². The van der Waals surface area contributed by atoms with Crippen molar-refractivity contribution in [3.8, 4) is 0 Å². The summed E-state index contributed by atoms with van der Waals surface area (Å²) in [4.78, 5) is 24.0. The lowest BCUT2D eigenvalue weighted by molar-refractivity contribution is -0.128. The lowest BCUT2D eigenvalue weighted by Crippen LogP contribution is -2.68. The number of halogens is 1. The van der Waals surface area contributed by atoms with Crippen molar-refractivity contribution in [2.24, 2.45) is 0 Å². The second kappa shape index (κ2) is 6.73. The first kappa shape index (κ1) is 17.2. The number of hydrogen-bond donors (Lipinski definition) is 3. The van der Waals surface area contributed by atoms with E-state index in [4.69, 9.17) is 11.6 Å². The topological polar surface area (TPSA) is 70.2 Å². The molecule has 1 aromatic carbocycles. The highest BCUT2D eigenvalue weighted by Gasteiger charge is 2.47. The molecule has 1 saturated carbocycles. The van der Waals surface area contributed by atoms with Crippen molar-refractivity contribution < 1.29 is 9.59 Å². The fraction of sp³-hybridized carbons (Fsp3) is 0.556. The highest BCUT2D eigenvalue weighted by Crippen LogP contribution is 2.38. The van der Waals surface area contributed by atoms with Gasteiger partial charge in [0.1, 0.15) is 0 Å². The van der Waals surface area contributed by atoms with Crippen molar-refractivity contribution in [1.29, 1.82) is 0 Å². The highest BCUT2D eigenvalue weighted by molar-refractivity contribution is 6.34. The summed E-state index contributed by atoms with van der Waals surface area (Å²) in [5, 5.41) is 9.91. The minimum atomic E-state index is -0.146. The summed E-state index contributed by atoms with van der Waals surface area (Å²) in [7, 11) is 0. The van der Waals surface area contributed by atoms with Gasteiger partial charge < -0.3 is 16.0 Å². The van der Waals surface area contributed by atoms with Crippen molar-refractivity contribution in [3.05, 3.63) is 28.3 Å². The zero-order valence-corrected chi connectivity index (χ0v) is 14.9. The summed E-state index contributed by atoms with van der Waals surface area (Å²) in [5.74, 6) is 0.00879. The van der Waals surface area contributed by atoms with E-state index in [0.717, 1.165) is 36.8 Å². The van der Waals surface area contributed by atoms with Gasteiger partial charge >= 0.3 is 0 Å².